The molecule has 20 heavy (non-hydrogen) atoms. The van der Waals surface area contributed by atoms with E-state index in [1.165, 1.54) is 0 Å². The van der Waals surface area contributed by atoms with E-state index in [4.69, 9.17) is 23.2 Å². The number of rotatable bonds is 7. The minimum Gasteiger partial charge on any atom is -0.355 e. The molecule has 1 N–H and O–H groups in total. The number of amides is 1. The zero-order valence-electron chi connectivity index (χ0n) is 11.6. The first-order valence-electron chi connectivity index (χ1n) is 6.45. The predicted molar refractivity (Wildman–Crippen MR) is 81.6 cm³/mol. The topological polar surface area (TPSA) is 49.4 Å². The molecule has 1 amide bonds. The van der Waals surface area contributed by atoms with Gasteiger partial charge >= 0.3 is 0 Å². The molecule has 0 aliphatic carbocycles. The highest BCUT2D eigenvalue weighted by atomic mass is 35.5. The van der Waals surface area contributed by atoms with Gasteiger partial charge in [0.05, 0.1) is 18.1 Å². The maximum absolute atomic E-state index is 12.2. The first-order chi connectivity index (χ1) is 9.47. The average Bonchev–Trinajstić information content (AvgIpc) is 2.40. The third-order valence-corrected chi connectivity index (χ3v) is 3.35. The van der Waals surface area contributed by atoms with Crippen LogP contribution in [0.2, 0.25) is 10.0 Å². The van der Waals surface area contributed by atoms with Crippen molar-refractivity contribution in [3.8, 4) is 0 Å². The Morgan fingerprint density at radius 2 is 1.90 bits per heavy atom. The van der Waals surface area contributed by atoms with Crippen molar-refractivity contribution in [3.05, 3.63) is 33.8 Å². The molecule has 0 aromatic heterocycles. The van der Waals surface area contributed by atoms with Crippen molar-refractivity contribution in [2.24, 2.45) is 0 Å². The molecule has 4 nitrogen and oxygen atoms in total. The highest BCUT2D eigenvalue weighted by Crippen LogP contribution is 2.21. The molecule has 1 aromatic rings. The molecule has 0 spiro atoms. The van der Waals surface area contributed by atoms with Crippen molar-refractivity contribution in [1.29, 1.82) is 0 Å². The van der Waals surface area contributed by atoms with Crippen LogP contribution in [0.3, 0.4) is 0 Å². The number of nitrogens with zero attached hydrogens (tertiary/aromatic N) is 1. The molecular formula is C14H18Cl2N2O2. The van der Waals surface area contributed by atoms with Gasteiger partial charge in [-0.05, 0) is 31.7 Å². The number of hydrogen-bond donors (Lipinski definition) is 1. The summed E-state index contributed by atoms with van der Waals surface area (Å²) in [6, 6.07) is 4.77. The summed E-state index contributed by atoms with van der Waals surface area (Å²) in [6.45, 7) is 5.24. The van der Waals surface area contributed by atoms with Gasteiger partial charge in [0.25, 0.3) is 0 Å². The van der Waals surface area contributed by atoms with Crippen LogP contribution >= 0.6 is 23.2 Å². The third kappa shape index (κ3) is 5.12. The second-order valence-electron chi connectivity index (χ2n) is 4.30. The van der Waals surface area contributed by atoms with Crippen molar-refractivity contribution in [1.82, 2.24) is 10.2 Å². The van der Waals surface area contributed by atoms with E-state index in [0.29, 0.717) is 28.7 Å². The smallest absolute Gasteiger partial charge is 0.234 e. The Morgan fingerprint density at radius 1 is 1.20 bits per heavy atom. The van der Waals surface area contributed by atoms with Gasteiger partial charge in [-0.3, -0.25) is 14.5 Å². The Kier molecular flexibility index (Phi) is 6.99. The van der Waals surface area contributed by atoms with Crippen LogP contribution in [-0.4, -0.2) is 42.8 Å². The number of hydrogen-bond acceptors (Lipinski definition) is 3. The summed E-state index contributed by atoms with van der Waals surface area (Å²) >= 11 is 11.9. The van der Waals surface area contributed by atoms with Crippen molar-refractivity contribution in [3.63, 3.8) is 0 Å². The fourth-order valence-corrected chi connectivity index (χ4v) is 2.13. The molecule has 0 fully saturated rings. The Balaban J connectivity index is 2.72. The Bertz CT molecular complexity index is 492. The number of likely N-dealkylation sites (N-methyl/N-ethyl adjacent to an activating group) is 2. The third-order valence-electron chi connectivity index (χ3n) is 2.78. The standard InChI is InChI=1S/C14H18Cl2N2O2/c1-3-17-14(20)9-18(4-2)8-13(19)11-7-10(15)5-6-12(11)16/h5-7H,3-4,8-9H2,1-2H3,(H,17,20). The maximum Gasteiger partial charge on any atom is 0.234 e. The van der Waals surface area contributed by atoms with E-state index >= 15 is 0 Å². The first kappa shape index (κ1) is 17.0. The normalized spacial score (nSPS) is 10.7. The van der Waals surface area contributed by atoms with Crippen LogP contribution in [0, 0.1) is 0 Å². The molecule has 0 atom stereocenters. The number of carbonyl (C=O) groups excluding carboxylic acids is 2. The molecule has 6 heteroatoms. The molecule has 1 aromatic carbocycles. The number of ketones is 1. The minimum atomic E-state index is -0.149. The van der Waals surface area contributed by atoms with E-state index in [9.17, 15) is 9.59 Å². The van der Waals surface area contributed by atoms with E-state index in [2.05, 4.69) is 5.32 Å². The zero-order chi connectivity index (χ0) is 15.1. The van der Waals surface area contributed by atoms with Gasteiger partial charge in [0, 0.05) is 17.1 Å². The fourth-order valence-electron chi connectivity index (χ4n) is 1.74. The number of benzene rings is 1. The number of Topliss-reactive ketones (excluding diaryl/α,β-unsaturated/α-hetero) is 1. The second-order valence-corrected chi connectivity index (χ2v) is 5.15. The van der Waals surface area contributed by atoms with E-state index in [-0.39, 0.29) is 24.8 Å². The van der Waals surface area contributed by atoms with Crippen molar-refractivity contribution in [2.45, 2.75) is 13.8 Å². The molecule has 0 heterocycles. The largest absolute Gasteiger partial charge is 0.355 e. The Morgan fingerprint density at radius 3 is 2.50 bits per heavy atom. The first-order valence-corrected chi connectivity index (χ1v) is 7.20. The molecular weight excluding hydrogens is 299 g/mol. The summed E-state index contributed by atoms with van der Waals surface area (Å²) in [5.74, 6) is -0.247. The molecule has 0 saturated heterocycles. The van der Waals surface area contributed by atoms with Gasteiger partial charge in [-0.15, -0.1) is 0 Å². The average molecular weight is 317 g/mol. The predicted octanol–water partition coefficient (Wildman–Crippen LogP) is 2.63. The maximum atomic E-state index is 12.2. The lowest BCUT2D eigenvalue weighted by Gasteiger charge is -2.19. The van der Waals surface area contributed by atoms with E-state index in [1.807, 2.05) is 13.8 Å². The SMILES string of the molecule is CCNC(=O)CN(CC)CC(=O)c1cc(Cl)ccc1Cl. The van der Waals surface area contributed by atoms with Gasteiger partial charge in [0.2, 0.25) is 5.91 Å². The van der Waals surface area contributed by atoms with Crippen LogP contribution in [0.4, 0.5) is 0 Å². The van der Waals surface area contributed by atoms with E-state index in [0.717, 1.165) is 0 Å². The van der Waals surface area contributed by atoms with Gasteiger partial charge in [-0.25, -0.2) is 0 Å². The summed E-state index contributed by atoms with van der Waals surface area (Å²) in [6.07, 6.45) is 0. The molecule has 0 aliphatic rings. The van der Waals surface area contributed by atoms with Crippen LogP contribution < -0.4 is 5.32 Å². The molecule has 1 rings (SSSR count). The van der Waals surface area contributed by atoms with Gasteiger partial charge in [0.1, 0.15) is 0 Å². The van der Waals surface area contributed by atoms with Gasteiger partial charge in [0.15, 0.2) is 5.78 Å². The van der Waals surface area contributed by atoms with Crippen molar-refractivity contribution < 1.29 is 9.59 Å². The lowest BCUT2D eigenvalue weighted by atomic mass is 10.1. The molecule has 0 aliphatic heterocycles. The fraction of sp³-hybridized carbons (Fsp3) is 0.429. The summed E-state index contributed by atoms with van der Waals surface area (Å²) in [7, 11) is 0. The summed E-state index contributed by atoms with van der Waals surface area (Å²) in [5, 5.41) is 3.54. The highest BCUT2D eigenvalue weighted by Gasteiger charge is 2.16. The minimum absolute atomic E-state index is 0.0978. The van der Waals surface area contributed by atoms with Gasteiger partial charge < -0.3 is 5.32 Å². The second kappa shape index (κ2) is 8.25. The molecule has 0 saturated carbocycles. The van der Waals surface area contributed by atoms with Crippen molar-refractivity contribution >= 4 is 34.9 Å². The number of halogens is 2. The summed E-state index contributed by atoms with van der Waals surface area (Å²) in [4.78, 5) is 25.5. The Hall–Kier alpha value is -1.10. The molecule has 110 valence electrons. The van der Waals surface area contributed by atoms with Gasteiger partial charge in [-0.2, -0.15) is 0 Å². The molecule has 0 unspecified atom stereocenters. The van der Waals surface area contributed by atoms with E-state index < -0.39 is 0 Å². The van der Waals surface area contributed by atoms with Crippen LogP contribution in [0.15, 0.2) is 18.2 Å². The molecule has 0 bridgehead atoms. The van der Waals surface area contributed by atoms with Crippen LogP contribution in [0.25, 0.3) is 0 Å². The lowest BCUT2D eigenvalue weighted by Crippen LogP contribution is -2.39. The quantitative estimate of drug-likeness (QED) is 0.787. The molecule has 0 radical (unpaired) electrons. The van der Waals surface area contributed by atoms with E-state index in [1.54, 1.807) is 23.1 Å². The van der Waals surface area contributed by atoms with Crippen molar-refractivity contribution in [2.75, 3.05) is 26.2 Å². The monoisotopic (exact) mass is 316 g/mol. The highest BCUT2D eigenvalue weighted by molar-refractivity contribution is 6.36. The zero-order valence-corrected chi connectivity index (χ0v) is 13.1. The number of nitrogens with one attached hydrogen (secondary N) is 1. The Labute approximate surface area is 129 Å². The summed E-state index contributed by atoms with van der Waals surface area (Å²) < 4.78 is 0. The summed E-state index contributed by atoms with van der Waals surface area (Å²) in [5.41, 5.74) is 0.383. The lowest BCUT2D eigenvalue weighted by molar-refractivity contribution is -0.121. The van der Waals surface area contributed by atoms with Crippen LogP contribution in [0.5, 0.6) is 0 Å². The number of carbonyl (C=O) groups is 2. The van der Waals surface area contributed by atoms with Gasteiger partial charge in [-0.1, -0.05) is 30.1 Å². The van der Waals surface area contributed by atoms with Crippen LogP contribution in [-0.2, 0) is 4.79 Å². The van der Waals surface area contributed by atoms with Crippen LogP contribution in [0.1, 0.15) is 24.2 Å².